The Morgan fingerprint density at radius 2 is 1.80 bits per heavy atom. The van der Waals surface area contributed by atoms with Gasteiger partial charge in [0.1, 0.15) is 5.60 Å². The van der Waals surface area contributed by atoms with Gasteiger partial charge in [-0.2, -0.15) is 0 Å². The molecule has 5 nitrogen and oxygen atoms in total. The van der Waals surface area contributed by atoms with E-state index in [0.29, 0.717) is 29.6 Å². The highest BCUT2D eigenvalue weighted by molar-refractivity contribution is 6.30. The zero-order valence-corrected chi connectivity index (χ0v) is 21.6. The minimum absolute atomic E-state index is 0.0447. The van der Waals surface area contributed by atoms with Gasteiger partial charge in [0, 0.05) is 23.2 Å². The van der Waals surface area contributed by atoms with E-state index in [4.69, 9.17) is 22.8 Å². The van der Waals surface area contributed by atoms with Crippen LogP contribution in [0.2, 0.25) is 5.02 Å². The maximum Gasteiger partial charge on any atom is 0.320 e. The summed E-state index contributed by atoms with van der Waals surface area (Å²) >= 11 is 5.99. The first kappa shape index (κ1) is 26.8. The average molecular weight is 495 g/mol. The lowest BCUT2D eigenvalue weighted by atomic mass is 9.80. The molecule has 1 saturated carbocycles. The molecule has 2 unspecified atom stereocenters. The summed E-state index contributed by atoms with van der Waals surface area (Å²) in [5, 5.41) is 3.75. The third kappa shape index (κ3) is 8.13. The van der Waals surface area contributed by atoms with Gasteiger partial charge in [-0.15, -0.1) is 6.42 Å². The Bertz CT molecular complexity index is 1040. The lowest BCUT2D eigenvalue weighted by Crippen LogP contribution is -2.43. The van der Waals surface area contributed by atoms with Crippen LogP contribution >= 0.6 is 11.6 Å². The number of ether oxygens (including phenoxy) is 1. The summed E-state index contributed by atoms with van der Waals surface area (Å²) < 4.78 is 5.32. The summed E-state index contributed by atoms with van der Waals surface area (Å²) in [6.07, 6.45) is 9.60. The van der Waals surface area contributed by atoms with Crippen molar-refractivity contribution >= 4 is 23.5 Å². The molecule has 1 aliphatic rings. The Balaban J connectivity index is 1.59. The summed E-state index contributed by atoms with van der Waals surface area (Å²) in [5.74, 6) is 2.74. The van der Waals surface area contributed by atoms with E-state index in [-0.39, 0.29) is 24.5 Å². The van der Waals surface area contributed by atoms with Gasteiger partial charge in [-0.25, -0.2) is 0 Å². The molecule has 2 atom stereocenters. The number of nitrogens with zero attached hydrogens (tertiary/aromatic N) is 1. The van der Waals surface area contributed by atoms with E-state index >= 15 is 0 Å². The minimum Gasteiger partial charge on any atom is -0.459 e. The Hall–Kier alpha value is -2.81. The van der Waals surface area contributed by atoms with Gasteiger partial charge in [0.25, 0.3) is 5.91 Å². The van der Waals surface area contributed by atoms with Crippen LogP contribution in [0.1, 0.15) is 73.9 Å². The Kier molecular flexibility index (Phi) is 9.37. The third-order valence-corrected chi connectivity index (χ3v) is 6.42. The smallest absolute Gasteiger partial charge is 0.320 e. The molecule has 0 spiro atoms. The SMILES string of the molecule is C#CCN(C(=O)c1ccc(Cl)cc1)C1CCCC(c2ccc(CNCC(=O)OC(C)(C)C)cc2)C1. The zero-order valence-electron chi connectivity index (χ0n) is 20.9. The van der Waals surface area contributed by atoms with Crippen molar-refractivity contribution in [1.82, 2.24) is 10.2 Å². The fraction of sp³-hybridized carbons (Fsp3) is 0.448. The van der Waals surface area contributed by atoms with Crippen LogP contribution in [0.5, 0.6) is 0 Å². The maximum atomic E-state index is 13.2. The third-order valence-electron chi connectivity index (χ3n) is 6.17. The topological polar surface area (TPSA) is 58.6 Å². The molecule has 0 heterocycles. The lowest BCUT2D eigenvalue weighted by molar-refractivity contribution is -0.153. The molecule has 2 aromatic carbocycles. The second-order valence-corrected chi connectivity index (χ2v) is 10.5. The molecule has 35 heavy (non-hydrogen) atoms. The fourth-order valence-electron chi connectivity index (χ4n) is 4.57. The molecular weight excluding hydrogens is 460 g/mol. The van der Waals surface area contributed by atoms with Crippen molar-refractivity contribution in [3.05, 3.63) is 70.2 Å². The van der Waals surface area contributed by atoms with Gasteiger partial charge in [-0.3, -0.25) is 9.59 Å². The second kappa shape index (κ2) is 12.2. The van der Waals surface area contributed by atoms with Gasteiger partial charge in [0.05, 0.1) is 13.1 Å². The molecule has 1 fully saturated rings. The van der Waals surface area contributed by atoms with Crippen LogP contribution in [0.3, 0.4) is 0 Å². The van der Waals surface area contributed by atoms with Crippen molar-refractivity contribution in [3.8, 4) is 12.3 Å². The standard InChI is InChI=1S/C29H35ClN2O3/c1-5-17-32(28(34)23-13-15-25(30)16-14-23)26-8-6-7-24(18-26)22-11-9-21(10-12-22)19-31-20-27(33)35-29(2,3)4/h1,9-16,24,26,31H,6-8,17-20H2,2-4H3. The normalized spacial score (nSPS) is 17.9. The summed E-state index contributed by atoms with van der Waals surface area (Å²) in [7, 11) is 0. The summed E-state index contributed by atoms with van der Waals surface area (Å²) in [5.41, 5.74) is 2.50. The average Bonchev–Trinajstić information content (AvgIpc) is 2.82. The van der Waals surface area contributed by atoms with Crippen molar-refractivity contribution in [2.45, 2.75) is 70.6 Å². The largest absolute Gasteiger partial charge is 0.459 e. The van der Waals surface area contributed by atoms with Crippen LogP contribution in [0, 0.1) is 12.3 Å². The number of carbonyl (C=O) groups is 2. The predicted molar refractivity (Wildman–Crippen MR) is 140 cm³/mol. The monoisotopic (exact) mass is 494 g/mol. The molecule has 2 aromatic rings. The highest BCUT2D eigenvalue weighted by Crippen LogP contribution is 2.35. The number of rotatable bonds is 8. The summed E-state index contributed by atoms with van der Waals surface area (Å²) in [6.45, 7) is 6.64. The number of carbonyl (C=O) groups excluding carboxylic acids is 2. The molecular formula is C29H35ClN2O3. The van der Waals surface area contributed by atoms with Crippen molar-refractivity contribution in [2.24, 2.45) is 0 Å². The number of halogens is 1. The number of benzene rings is 2. The van der Waals surface area contributed by atoms with Crippen LogP contribution in [-0.4, -0.2) is 41.5 Å². The van der Waals surface area contributed by atoms with Crippen LogP contribution in [0.25, 0.3) is 0 Å². The van der Waals surface area contributed by atoms with E-state index in [1.54, 1.807) is 24.3 Å². The van der Waals surface area contributed by atoms with Crippen LogP contribution in [-0.2, 0) is 16.1 Å². The summed E-state index contributed by atoms with van der Waals surface area (Å²) in [6, 6.07) is 15.6. The van der Waals surface area contributed by atoms with Crippen molar-refractivity contribution in [1.29, 1.82) is 0 Å². The van der Waals surface area contributed by atoms with Crippen molar-refractivity contribution < 1.29 is 14.3 Å². The first-order valence-electron chi connectivity index (χ1n) is 12.2. The van der Waals surface area contributed by atoms with Crippen LogP contribution < -0.4 is 5.32 Å². The molecule has 0 aromatic heterocycles. The quantitative estimate of drug-likeness (QED) is 0.385. The number of hydrogen-bond donors (Lipinski definition) is 1. The molecule has 6 heteroatoms. The van der Waals surface area contributed by atoms with E-state index in [9.17, 15) is 9.59 Å². The Labute approximate surface area is 214 Å². The van der Waals surface area contributed by atoms with Gasteiger partial charge in [0.2, 0.25) is 0 Å². The highest BCUT2D eigenvalue weighted by atomic mass is 35.5. The number of terminal acetylenes is 1. The molecule has 0 saturated heterocycles. The fourth-order valence-corrected chi connectivity index (χ4v) is 4.69. The van der Waals surface area contributed by atoms with Gasteiger partial charge in [0.15, 0.2) is 0 Å². The minimum atomic E-state index is -0.479. The Morgan fingerprint density at radius 3 is 2.43 bits per heavy atom. The van der Waals surface area contributed by atoms with E-state index in [2.05, 4.69) is 35.5 Å². The first-order valence-corrected chi connectivity index (χ1v) is 12.6. The number of amides is 1. The van der Waals surface area contributed by atoms with Crippen LogP contribution in [0.4, 0.5) is 0 Å². The molecule has 1 N–H and O–H groups in total. The predicted octanol–water partition coefficient (Wildman–Crippen LogP) is 5.57. The Morgan fingerprint density at radius 1 is 1.11 bits per heavy atom. The van der Waals surface area contributed by atoms with E-state index in [1.807, 2.05) is 25.7 Å². The van der Waals surface area contributed by atoms with Crippen molar-refractivity contribution in [2.75, 3.05) is 13.1 Å². The highest BCUT2D eigenvalue weighted by Gasteiger charge is 2.30. The molecule has 0 aliphatic heterocycles. The zero-order chi connectivity index (χ0) is 25.4. The molecule has 1 aliphatic carbocycles. The molecule has 186 valence electrons. The second-order valence-electron chi connectivity index (χ2n) is 10.1. The molecule has 1 amide bonds. The van der Waals surface area contributed by atoms with Gasteiger partial charge >= 0.3 is 5.97 Å². The van der Waals surface area contributed by atoms with Gasteiger partial charge in [-0.05, 0) is 81.3 Å². The molecule has 0 bridgehead atoms. The van der Waals surface area contributed by atoms with Crippen molar-refractivity contribution in [3.63, 3.8) is 0 Å². The number of nitrogens with one attached hydrogen (secondary N) is 1. The lowest BCUT2D eigenvalue weighted by Gasteiger charge is -2.37. The van der Waals surface area contributed by atoms with Gasteiger partial charge < -0.3 is 15.0 Å². The van der Waals surface area contributed by atoms with Crippen LogP contribution in [0.15, 0.2) is 48.5 Å². The first-order chi connectivity index (χ1) is 16.7. The van der Waals surface area contributed by atoms with E-state index in [1.165, 1.54) is 5.56 Å². The number of hydrogen-bond acceptors (Lipinski definition) is 4. The number of esters is 1. The molecule has 3 rings (SSSR count). The maximum absolute atomic E-state index is 13.2. The summed E-state index contributed by atoms with van der Waals surface area (Å²) in [4.78, 5) is 26.9. The molecule has 0 radical (unpaired) electrons. The van der Waals surface area contributed by atoms with E-state index in [0.717, 1.165) is 31.2 Å². The van der Waals surface area contributed by atoms with Gasteiger partial charge in [-0.1, -0.05) is 48.2 Å². The van der Waals surface area contributed by atoms with E-state index < -0.39 is 5.60 Å².